The summed E-state index contributed by atoms with van der Waals surface area (Å²) in [6, 6.07) is 13.0. The summed E-state index contributed by atoms with van der Waals surface area (Å²) >= 11 is 1.62. The predicted octanol–water partition coefficient (Wildman–Crippen LogP) is 6.45. The Kier molecular flexibility index (Phi) is 5.42. The Morgan fingerprint density at radius 1 is 1.12 bits per heavy atom. The molecule has 3 aromatic heterocycles. The maximum atomic E-state index is 14.2. The minimum absolute atomic E-state index is 0.0543. The van der Waals surface area contributed by atoms with Crippen LogP contribution in [-0.2, 0) is 6.42 Å². The van der Waals surface area contributed by atoms with Crippen LogP contribution in [0.1, 0.15) is 34.1 Å². The van der Waals surface area contributed by atoms with Gasteiger partial charge in [-0.1, -0.05) is 30.3 Å². The molecule has 0 unspecified atom stereocenters. The number of hydrogen-bond donors (Lipinski definition) is 2. The third-order valence-electron chi connectivity index (χ3n) is 5.98. The van der Waals surface area contributed by atoms with Gasteiger partial charge in [0.25, 0.3) is 0 Å². The molecule has 0 fully saturated rings. The Bertz CT molecular complexity index is 1500. The lowest BCUT2D eigenvalue weighted by Crippen LogP contribution is -2.07. The molecule has 0 saturated heterocycles. The maximum absolute atomic E-state index is 14.2. The van der Waals surface area contributed by atoms with Gasteiger partial charge in [-0.25, -0.2) is 14.4 Å². The monoisotopic (exact) mass is 458 g/mol. The molecule has 0 aliphatic heterocycles. The van der Waals surface area contributed by atoms with Gasteiger partial charge in [0.15, 0.2) is 5.78 Å². The summed E-state index contributed by atoms with van der Waals surface area (Å²) in [6.45, 7) is 6.23. The molecule has 0 amide bonds. The SMILES string of the molecule is CC(=O)c1ccc(-c2cc3ncnc(NCCc4c(C)[nH]c5c(F)ccc(C)c45)c3s2)cc1. The lowest BCUT2D eigenvalue weighted by Gasteiger charge is -2.07. The molecular formula is C26H23FN4OS. The van der Waals surface area contributed by atoms with Gasteiger partial charge in [-0.2, -0.15) is 0 Å². The number of fused-ring (bicyclic) bond motifs is 2. The van der Waals surface area contributed by atoms with Crippen LogP contribution in [-0.4, -0.2) is 27.3 Å². The van der Waals surface area contributed by atoms with Crippen molar-refractivity contribution in [2.24, 2.45) is 0 Å². The fraction of sp³-hybridized carbons (Fsp3) is 0.192. The van der Waals surface area contributed by atoms with E-state index in [4.69, 9.17) is 0 Å². The molecule has 0 spiro atoms. The van der Waals surface area contributed by atoms with Crippen LogP contribution in [0.4, 0.5) is 10.2 Å². The summed E-state index contributed by atoms with van der Waals surface area (Å²) in [5.74, 6) is 0.619. The summed E-state index contributed by atoms with van der Waals surface area (Å²) in [7, 11) is 0. The number of carbonyl (C=O) groups excluding carboxylic acids is 1. The van der Waals surface area contributed by atoms with E-state index in [0.717, 1.165) is 55.1 Å². The second kappa shape index (κ2) is 8.41. The number of carbonyl (C=O) groups is 1. The molecule has 0 saturated carbocycles. The number of hydrogen-bond acceptors (Lipinski definition) is 5. The van der Waals surface area contributed by atoms with Crippen molar-refractivity contribution in [1.29, 1.82) is 0 Å². The van der Waals surface area contributed by atoms with Crippen LogP contribution in [0.25, 0.3) is 31.6 Å². The second-order valence-electron chi connectivity index (χ2n) is 8.20. The first-order chi connectivity index (χ1) is 15.9. The first kappa shape index (κ1) is 21.3. The first-order valence-corrected chi connectivity index (χ1v) is 11.6. The summed E-state index contributed by atoms with van der Waals surface area (Å²) in [4.78, 5) is 24.7. The van der Waals surface area contributed by atoms with E-state index in [1.807, 2.05) is 50.2 Å². The Hall–Kier alpha value is -3.58. The molecule has 5 nitrogen and oxygen atoms in total. The molecular weight excluding hydrogens is 435 g/mol. The number of aromatic nitrogens is 3. The van der Waals surface area contributed by atoms with E-state index in [1.54, 1.807) is 24.6 Å². The van der Waals surface area contributed by atoms with E-state index in [9.17, 15) is 9.18 Å². The third kappa shape index (κ3) is 3.89. The first-order valence-electron chi connectivity index (χ1n) is 10.8. The molecule has 0 aliphatic rings. The highest BCUT2D eigenvalue weighted by Gasteiger charge is 2.15. The molecule has 7 heteroatoms. The molecule has 5 aromatic rings. The normalized spacial score (nSPS) is 11.4. The number of H-pyrrole nitrogens is 1. The van der Waals surface area contributed by atoms with Gasteiger partial charge in [-0.3, -0.25) is 4.79 Å². The van der Waals surface area contributed by atoms with Gasteiger partial charge in [0.1, 0.15) is 18.0 Å². The fourth-order valence-electron chi connectivity index (χ4n) is 4.25. The fourth-order valence-corrected chi connectivity index (χ4v) is 5.34. The van der Waals surface area contributed by atoms with Gasteiger partial charge in [0, 0.05) is 28.1 Å². The molecule has 0 aliphatic carbocycles. The van der Waals surface area contributed by atoms with Crippen LogP contribution in [0.2, 0.25) is 0 Å². The largest absolute Gasteiger partial charge is 0.368 e. The Morgan fingerprint density at radius 3 is 2.67 bits per heavy atom. The third-order valence-corrected chi connectivity index (χ3v) is 7.16. The summed E-state index contributed by atoms with van der Waals surface area (Å²) < 4.78 is 15.2. The van der Waals surface area contributed by atoms with E-state index in [-0.39, 0.29) is 11.6 Å². The number of rotatable bonds is 6. The number of Topliss-reactive ketones (excluding diaryl/α,β-unsaturated/α-hetero) is 1. The van der Waals surface area contributed by atoms with Gasteiger partial charge in [-0.15, -0.1) is 11.3 Å². The van der Waals surface area contributed by atoms with Gasteiger partial charge in [-0.05, 0) is 56.0 Å². The zero-order chi connectivity index (χ0) is 23.1. The number of nitrogens with one attached hydrogen (secondary N) is 2. The average Bonchev–Trinajstić information content (AvgIpc) is 3.39. The van der Waals surface area contributed by atoms with Crippen LogP contribution in [0.5, 0.6) is 0 Å². The number of halogens is 1. The van der Waals surface area contributed by atoms with Gasteiger partial charge >= 0.3 is 0 Å². The predicted molar refractivity (Wildman–Crippen MR) is 133 cm³/mol. The zero-order valence-electron chi connectivity index (χ0n) is 18.6. The zero-order valence-corrected chi connectivity index (χ0v) is 19.4. The molecule has 0 atom stereocenters. The number of aromatic amines is 1. The van der Waals surface area contributed by atoms with Gasteiger partial charge < -0.3 is 10.3 Å². The van der Waals surface area contributed by atoms with Crippen LogP contribution in [0, 0.1) is 19.7 Å². The standard InChI is InChI=1S/C26H23FN4OS/c1-14-4-9-20(27)24-23(14)19(15(2)31-24)10-11-28-26-25-21(29-13-30-26)12-22(33-25)18-7-5-17(6-8-18)16(3)32/h4-9,12-13,31H,10-11H2,1-3H3,(H,28,29,30). The summed E-state index contributed by atoms with van der Waals surface area (Å²) in [6.07, 6.45) is 2.31. The van der Waals surface area contributed by atoms with Crippen molar-refractivity contribution in [2.45, 2.75) is 27.2 Å². The van der Waals surface area contributed by atoms with Crippen molar-refractivity contribution in [3.63, 3.8) is 0 Å². The molecule has 3 heterocycles. The van der Waals surface area contributed by atoms with Crippen molar-refractivity contribution in [1.82, 2.24) is 15.0 Å². The number of ketones is 1. The van der Waals surface area contributed by atoms with E-state index >= 15 is 0 Å². The Labute approximate surface area is 194 Å². The van der Waals surface area contributed by atoms with Crippen LogP contribution >= 0.6 is 11.3 Å². The number of nitrogens with zero attached hydrogens (tertiary/aromatic N) is 2. The number of anilines is 1. The van der Waals surface area contributed by atoms with E-state index < -0.39 is 0 Å². The maximum Gasteiger partial charge on any atom is 0.159 e. The second-order valence-corrected chi connectivity index (χ2v) is 9.25. The van der Waals surface area contributed by atoms with E-state index in [1.165, 1.54) is 6.07 Å². The quantitative estimate of drug-likeness (QED) is 0.287. The Morgan fingerprint density at radius 2 is 1.91 bits per heavy atom. The highest BCUT2D eigenvalue weighted by Crippen LogP contribution is 2.36. The van der Waals surface area contributed by atoms with E-state index in [0.29, 0.717) is 17.6 Å². The molecule has 0 radical (unpaired) electrons. The van der Waals surface area contributed by atoms with Crippen LogP contribution in [0.3, 0.4) is 0 Å². The van der Waals surface area contributed by atoms with Crippen molar-refractivity contribution < 1.29 is 9.18 Å². The van der Waals surface area contributed by atoms with Crippen molar-refractivity contribution >= 4 is 44.1 Å². The van der Waals surface area contributed by atoms with E-state index in [2.05, 4.69) is 20.3 Å². The minimum atomic E-state index is -0.224. The number of aryl methyl sites for hydroxylation is 2. The van der Waals surface area contributed by atoms with Crippen molar-refractivity contribution in [2.75, 3.05) is 11.9 Å². The highest BCUT2D eigenvalue weighted by atomic mass is 32.1. The smallest absolute Gasteiger partial charge is 0.159 e. The van der Waals surface area contributed by atoms with Gasteiger partial charge in [0.05, 0.1) is 15.7 Å². The van der Waals surface area contributed by atoms with Crippen molar-refractivity contribution in [3.8, 4) is 10.4 Å². The number of thiophene rings is 1. The highest BCUT2D eigenvalue weighted by molar-refractivity contribution is 7.22. The minimum Gasteiger partial charge on any atom is -0.368 e. The molecule has 5 rings (SSSR count). The summed E-state index contributed by atoms with van der Waals surface area (Å²) in [5.41, 5.74) is 6.37. The van der Waals surface area contributed by atoms with Gasteiger partial charge in [0.2, 0.25) is 0 Å². The van der Waals surface area contributed by atoms with Crippen molar-refractivity contribution in [3.05, 3.63) is 77.0 Å². The topological polar surface area (TPSA) is 70.7 Å². The van der Waals surface area contributed by atoms with Crippen LogP contribution < -0.4 is 5.32 Å². The molecule has 0 bridgehead atoms. The van der Waals surface area contributed by atoms with Crippen LogP contribution in [0.15, 0.2) is 48.8 Å². The molecule has 166 valence electrons. The lowest BCUT2D eigenvalue weighted by atomic mass is 10.0. The summed E-state index contributed by atoms with van der Waals surface area (Å²) in [5, 5.41) is 4.41. The molecule has 2 aromatic carbocycles. The number of benzene rings is 2. The molecule has 2 N–H and O–H groups in total. The Balaban J connectivity index is 1.39. The molecule has 33 heavy (non-hydrogen) atoms. The lowest BCUT2D eigenvalue weighted by molar-refractivity contribution is 0.101. The average molecular weight is 459 g/mol.